The maximum Gasteiger partial charge on any atom is 0.251 e. The molecule has 0 fully saturated rings. The summed E-state index contributed by atoms with van der Waals surface area (Å²) >= 11 is 0. The summed E-state index contributed by atoms with van der Waals surface area (Å²) in [6.45, 7) is 4.68. The molecule has 1 aromatic carbocycles. The Morgan fingerprint density at radius 3 is 2.62 bits per heavy atom. The summed E-state index contributed by atoms with van der Waals surface area (Å²) in [7, 11) is 1.97. The number of carbonyl (C=O) groups is 1. The molecule has 2 N–H and O–H groups in total. The normalized spacial score (nSPS) is 11.8. The van der Waals surface area contributed by atoms with E-state index >= 15 is 0 Å². The Morgan fingerprint density at radius 1 is 1.29 bits per heavy atom. The molecule has 21 heavy (non-hydrogen) atoms. The fourth-order valence-electron chi connectivity index (χ4n) is 2.64. The zero-order valence-electron chi connectivity index (χ0n) is 13.0. The highest BCUT2D eigenvalue weighted by Crippen LogP contribution is 2.25. The molecule has 1 amide bonds. The van der Waals surface area contributed by atoms with Crippen LogP contribution in [-0.2, 0) is 7.05 Å². The van der Waals surface area contributed by atoms with E-state index in [-0.39, 0.29) is 17.9 Å². The Kier molecular flexibility index (Phi) is 4.68. The molecule has 0 aliphatic rings. The molecule has 0 aliphatic heterocycles. The van der Waals surface area contributed by atoms with Crippen molar-refractivity contribution in [2.24, 2.45) is 12.5 Å². The fourth-order valence-corrected chi connectivity index (χ4v) is 2.64. The van der Waals surface area contributed by atoms with Gasteiger partial charge in [-0.1, -0.05) is 19.9 Å². The van der Waals surface area contributed by atoms with Gasteiger partial charge in [-0.2, -0.15) is 0 Å². The zero-order valence-corrected chi connectivity index (χ0v) is 13.0. The van der Waals surface area contributed by atoms with Crippen molar-refractivity contribution in [1.82, 2.24) is 9.88 Å². The van der Waals surface area contributed by atoms with Gasteiger partial charge >= 0.3 is 0 Å². The molecular weight excluding hydrogens is 264 g/mol. The molecule has 114 valence electrons. The summed E-state index contributed by atoms with van der Waals surface area (Å²) in [5.41, 5.74) is 1.51. The number of amides is 1. The average molecular weight is 288 g/mol. The quantitative estimate of drug-likeness (QED) is 0.858. The van der Waals surface area contributed by atoms with E-state index in [1.54, 1.807) is 0 Å². The van der Waals surface area contributed by atoms with Crippen molar-refractivity contribution in [3.05, 3.63) is 36.0 Å². The van der Waals surface area contributed by atoms with Crippen molar-refractivity contribution < 1.29 is 9.90 Å². The second kappa shape index (κ2) is 6.31. The van der Waals surface area contributed by atoms with Gasteiger partial charge in [0, 0.05) is 41.7 Å². The van der Waals surface area contributed by atoms with E-state index in [2.05, 4.69) is 5.32 Å². The molecule has 0 saturated carbocycles. The third-order valence-electron chi connectivity index (χ3n) is 4.63. The van der Waals surface area contributed by atoms with Gasteiger partial charge in [-0.25, -0.2) is 0 Å². The number of benzene rings is 1. The molecule has 4 heteroatoms. The average Bonchev–Trinajstić information content (AvgIpc) is 2.90. The number of aryl methyl sites for hydroxylation is 1. The van der Waals surface area contributed by atoms with Crippen LogP contribution in [-0.4, -0.2) is 28.7 Å². The minimum absolute atomic E-state index is 0.0773. The lowest BCUT2D eigenvalue weighted by atomic mass is 9.83. The van der Waals surface area contributed by atoms with Gasteiger partial charge in [-0.05, 0) is 31.0 Å². The van der Waals surface area contributed by atoms with Crippen molar-refractivity contribution in [1.29, 1.82) is 0 Å². The number of aliphatic hydroxyl groups is 1. The third kappa shape index (κ3) is 2.95. The van der Waals surface area contributed by atoms with Crippen LogP contribution >= 0.6 is 0 Å². The summed E-state index contributed by atoms with van der Waals surface area (Å²) in [5.74, 6) is -0.0773. The number of hydrogen-bond acceptors (Lipinski definition) is 2. The van der Waals surface area contributed by atoms with Crippen molar-refractivity contribution in [3.8, 4) is 0 Å². The molecular formula is C17H24N2O2. The van der Waals surface area contributed by atoms with E-state index in [0.29, 0.717) is 12.1 Å². The number of hydrogen-bond donors (Lipinski definition) is 2. The molecule has 0 bridgehead atoms. The van der Waals surface area contributed by atoms with Crippen LogP contribution in [0.4, 0.5) is 0 Å². The first-order chi connectivity index (χ1) is 10.1. The number of nitrogens with one attached hydrogen (secondary N) is 1. The maximum atomic E-state index is 12.5. The van der Waals surface area contributed by atoms with E-state index in [4.69, 9.17) is 0 Å². The number of fused-ring (bicyclic) bond motifs is 1. The van der Waals surface area contributed by atoms with E-state index < -0.39 is 0 Å². The third-order valence-corrected chi connectivity index (χ3v) is 4.63. The highest BCUT2D eigenvalue weighted by molar-refractivity contribution is 6.06. The Hall–Kier alpha value is -1.81. The van der Waals surface area contributed by atoms with Crippen LogP contribution in [0.1, 0.15) is 37.0 Å². The van der Waals surface area contributed by atoms with E-state index in [1.165, 1.54) is 0 Å². The van der Waals surface area contributed by atoms with Crippen LogP contribution < -0.4 is 5.32 Å². The first-order valence-corrected chi connectivity index (χ1v) is 7.50. The Labute approximate surface area is 125 Å². The monoisotopic (exact) mass is 288 g/mol. The summed E-state index contributed by atoms with van der Waals surface area (Å²) in [5, 5.41) is 13.5. The van der Waals surface area contributed by atoms with Crippen LogP contribution in [0.15, 0.2) is 30.5 Å². The van der Waals surface area contributed by atoms with Gasteiger partial charge < -0.3 is 15.0 Å². The van der Waals surface area contributed by atoms with Crippen molar-refractivity contribution in [3.63, 3.8) is 0 Å². The topological polar surface area (TPSA) is 54.3 Å². The second-order valence-electron chi connectivity index (χ2n) is 5.71. The van der Waals surface area contributed by atoms with E-state index in [9.17, 15) is 9.90 Å². The number of carbonyl (C=O) groups excluding carboxylic acids is 1. The van der Waals surface area contributed by atoms with Crippen molar-refractivity contribution >= 4 is 16.8 Å². The Bertz CT molecular complexity index is 618. The van der Waals surface area contributed by atoms with Gasteiger partial charge in [0.15, 0.2) is 0 Å². The zero-order chi connectivity index (χ0) is 15.5. The lowest BCUT2D eigenvalue weighted by Gasteiger charge is -2.29. The van der Waals surface area contributed by atoms with Gasteiger partial charge in [0.1, 0.15) is 0 Å². The predicted molar refractivity (Wildman–Crippen MR) is 85.4 cm³/mol. The molecule has 1 heterocycles. The molecule has 0 aliphatic carbocycles. The van der Waals surface area contributed by atoms with E-state index in [0.717, 1.165) is 23.7 Å². The number of rotatable bonds is 6. The van der Waals surface area contributed by atoms with Gasteiger partial charge in [-0.15, -0.1) is 0 Å². The van der Waals surface area contributed by atoms with Gasteiger partial charge in [0.2, 0.25) is 0 Å². The summed E-state index contributed by atoms with van der Waals surface area (Å²) in [6, 6.07) is 7.71. The van der Waals surface area contributed by atoms with Gasteiger partial charge in [-0.3, -0.25) is 4.79 Å². The molecule has 1 aromatic heterocycles. The lowest BCUT2D eigenvalue weighted by Crippen LogP contribution is -2.39. The molecule has 2 aromatic rings. The standard InChI is InChI=1S/C17H24N2O2/c1-4-17(5-2,12-20)11-18-16(21)14-7-6-8-15-13(14)9-10-19(15)3/h6-10,20H,4-5,11-12H2,1-3H3,(H,18,21). The summed E-state index contributed by atoms with van der Waals surface area (Å²) in [6.07, 6.45) is 3.64. The van der Waals surface area contributed by atoms with Crippen molar-refractivity contribution in [2.45, 2.75) is 26.7 Å². The molecule has 0 saturated heterocycles. The molecule has 0 spiro atoms. The van der Waals surface area contributed by atoms with E-state index in [1.807, 2.05) is 55.9 Å². The smallest absolute Gasteiger partial charge is 0.251 e. The number of aromatic nitrogens is 1. The number of nitrogens with zero attached hydrogens (tertiary/aromatic N) is 1. The minimum atomic E-state index is -0.222. The summed E-state index contributed by atoms with van der Waals surface area (Å²) < 4.78 is 2.00. The number of aliphatic hydroxyl groups excluding tert-OH is 1. The van der Waals surface area contributed by atoms with Gasteiger partial charge in [0.25, 0.3) is 5.91 Å². The predicted octanol–water partition coefficient (Wildman–Crippen LogP) is 2.71. The first kappa shape index (κ1) is 15.6. The summed E-state index contributed by atoms with van der Waals surface area (Å²) in [4.78, 5) is 12.5. The highest BCUT2D eigenvalue weighted by atomic mass is 16.3. The molecule has 4 nitrogen and oxygen atoms in total. The van der Waals surface area contributed by atoms with Crippen LogP contribution in [0.3, 0.4) is 0 Å². The highest BCUT2D eigenvalue weighted by Gasteiger charge is 2.26. The first-order valence-electron chi connectivity index (χ1n) is 7.50. The SMILES string of the molecule is CCC(CC)(CO)CNC(=O)c1cccc2c1ccn2C. The Balaban J connectivity index is 2.20. The van der Waals surface area contributed by atoms with Crippen LogP contribution in [0.25, 0.3) is 10.9 Å². The molecule has 0 radical (unpaired) electrons. The van der Waals surface area contributed by atoms with Crippen molar-refractivity contribution in [2.75, 3.05) is 13.2 Å². The second-order valence-corrected chi connectivity index (χ2v) is 5.71. The fraction of sp³-hybridized carbons (Fsp3) is 0.471. The van der Waals surface area contributed by atoms with Gasteiger partial charge in [0.05, 0.1) is 6.61 Å². The largest absolute Gasteiger partial charge is 0.396 e. The lowest BCUT2D eigenvalue weighted by molar-refractivity contribution is 0.0852. The van der Waals surface area contributed by atoms with Crippen LogP contribution in [0, 0.1) is 5.41 Å². The Morgan fingerprint density at radius 2 is 2.00 bits per heavy atom. The molecule has 0 unspecified atom stereocenters. The maximum absolute atomic E-state index is 12.5. The molecule has 2 rings (SSSR count). The van der Waals surface area contributed by atoms with Crippen LogP contribution in [0.2, 0.25) is 0 Å². The minimum Gasteiger partial charge on any atom is -0.396 e. The van der Waals surface area contributed by atoms with Crippen LogP contribution in [0.5, 0.6) is 0 Å². The molecule has 0 atom stereocenters.